The largest absolute Gasteiger partial charge is 0.465 e. The van der Waals surface area contributed by atoms with Gasteiger partial charge in [-0.2, -0.15) is 0 Å². The van der Waals surface area contributed by atoms with Crippen molar-refractivity contribution < 1.29 is 14.3 Å². The predicted molar refractivity (Wildman–Crippen MR) is 82.3 cm³/mol. The fourth-order valence-electron chi connectivity index (χ4n) is 3.65. The highest BCUT2D eigenvalue weighted by Gasteiger charge is 2.41. The van der Waals surface area contributed by atoms with Gasteiger partial charge in [-0.25, -0.2) is 0 Å². The standard InChI is InChI=1S/C16H30N2O3/c1-4-17-16(3,15(19)20-5-2)12-18-10-11-21-14-9-7-6-8-13(14)18/h13-14,17H,4-12H2,1-3H3. The van der Waals surface area contributed by atoms with E-state index in [0.29, 0.717) is 25.3 Å². The van der Waals surface area contributed by atoms with Crippen molar-refractivity contribution >= 4 is 5.97 Å². The first-order valence-corrected chi connectivity index (χ1v) is 8.38. The van der Waals surface area contributed by atoms with Gasteiger partial charge in [0.25, 0.3) is 0 Å². The molecule has 21 heavy (non-hydrogen) atoms. The molecule has 1 aliphatic heterocycles. The maximum absolute atomic E-state index is 12.3. The lowest BCUT2D eigenvalue weighted by Crippen LogP contribution is -2.62. The molecule has 1 saturated carbocycles. The number of ether oxygens (including phenoxy) is 2. The minimum atomic E-state index is -0.635. The Hall–Kier alpha value is -0.650. The average Bonchev–Trinajstić information content (AvgIpc) is 2.48. The summed E-state index contributed by atoms with van der Waals surface area (Å²) in [4.78, 5) is 14.8. The highest BCUT2D eigenvalue weighted by Crippen LogP contribution is 2.29. The van der Waals surface area contributed by atoms with Gasteiger partial charge in [-0.05, 0) is 33.2 Å². The Morgan fingerprint density at radius 3 is 2.86 bits per heavy atom. The molecular weight excluding hydrogens is 268 g/mol. The number of likely N-dealkylation sites (N-methyl/N-ethyl adjacent to an activating group) is 1. The van der Waals surface area contributed by atoms with Crippen LogP contribution in [-0.2, 0) is 14.3 Å². The summed E-state index contributed by atoms with van der Waals surface area (Å²) in [7, 11) is 0. The van der Waals surface area contributed by atoms with E-state index >= 15 is 0 Å². The van der Waals surface area contributed by atoms with Crippen molar-refractivity contribution in [3.8, 4) is 0 Å². The molecule has 0 aromatic rings. The number of morpholine rings is 1. The second kappa shape index (κ2) is 7.56. The summed E-state index contributed by atoms with van der Waals surface area (Å²) in [5.74, 6) is -0.147. The van der Waals surface area contributed by atoms with E-state index in [9.17, 15) is 4.79 Å². The summed E-state index contributed by atoms with van der Waals surface area (Å²) in [5, 5.41) is 3.33. The Labute approximate surface area is 128 Å². The van der Waals surface area contributed by atoms with E-state index in [4.69, 9.17) is 9.47 Å². The number of esters is 1. The molecule has 0 spiro atoms. The number of rotatable bonds is 6. The molecule has 5 nitrogen and oxygen atoms in total. The Morgan fingerprint density at radius 1 is 1.38 bits per heavy atom. The average molecular weight is 298 g/mol. The zero-order valence-electron chi connectivity index (χ0n) is 13.7. The van der Waals surface area contributed by atoms with E-state index < -0.39 is 5.54 Å². The van der Waals surface area contributed by atoms with Crippen molar-refractivity contribution in [1.29, 1.82) is 0 Å². The molecule has 1 heterocycles. The zero-order chi connectivity index (χ0) is 15.3. The van der Waals surface area contributed by atoms with Crippen LogP contribution in [0.25, 0.3) is 0 Å². The van der Waals surface area contributed by atoms with Crippen LogP contribution in [0.5, 0.6) is 0 Å². The Balaban J connectivity index is 2.05. The maximum Gasteiger partial charge on any atom is 0.327 e. The van der Waals surface area contributed by atoms with E-state index in [1.54, 1.807) is 0 Å². The Morgan fingerprint density at radius 2 is 2.14 bits per heavy atom. The van der Waals surface area contributed by atoms with Crippen LogP contribution in [-0.4, -0.2) is 61.4 Å². The van der Waals surface area contributed by atoms with Gasteiger partial charge in [0.2, 0.25) is 0 Å². The minimum absolute atomic E-state index is 0.147. The number of carbonyl (C=O) groups is 1. The van der Waals surface area contributed by atoms with Crippen LogP contribution in [0, 0.1) is 0 Å². The van der Waals surface area contributed by atoms with Gasteiger partial charge in [0.1, 0.15) is 5.54 Å². The van der Waals surface area contributed by atoms with E-state index in [2.05, 4.69) is 10.2 Å². The van der Waals surface area contributed by atoms with Gasteiger partial charge < -0.3 is 14.8 Å². The fraction of sp³-hybridized carbons (Fsp3) is 0.938. The van der Waals surface area contributed by atoms with Crippen LogP contribution >= 0.6 is 0 Å². The van der Waals surface area contributed by atoms with Crippen LogP contribution in [0.3, 0.4) is 0 Å². The summed E-state index contributed by atoms with van der Waals surface area (Å²) in [6, 6.07) is 0.458. The number of carbonyl (C=O) groups excluding carboxylic acids is 1. The highest BCUT2D eigenvalue weighted by atomic mass is 16.5. The van der Waals surface area contributed by atoms with Gasteiger partial charge in [-0.15, -0.1) is 0 Å². The third kappa shape index (κ3) is 3.96. The molecule has 1 aliphatic carbocycles. The molecule has 1 N–H and O–H groups in total. The first kappa shape index (κ1) is 16.7. The lowest BCUT2D eigenvalue weighted by Gasteiger charge is -2.46. The summed E-state index contributed by atoms with van der Waals surface area (Å²) in [6.07, 6.45) is 5.20. The second-order valence-electron chi connectivity index (χ2n) is 6.31. The predicted octanol–water partition coefficient (Wildman–Crippen LogP) is 1.56. The van der Waals surface area contributed by atoms with E-state index in [1.807, 2.05) is 20.8 Å². The number of nitrogens with zero attached hydrogens (tertiary/aromatic N) is 1. The summed E-state index contributed by atoms with van der Waals surface area (Å²) >= 11 is 0. The molecule has 3 unspecified atom stereocenters. The fourth-order valence-corrected chi connectivity index (χ4v) is 3.65. The third-order valence-corrected chi connectivity index (χ3v) is 4.66. The van der Waals surface area contributed by atoms with Gasteiger partial charge >= 0.3 is 5.97 Å². The van der Waals surface area contributed by atoms with Crippen LogP contribution < -0.4 is 5.32 Å². The first-order valence-electron chi connectivity index (χ1n) is 8.38. The number of fused-ring (bicyclic) bond motifs is 1. The summed E-state index contributed by atoms with van der Waals surface area (Å²) < 4.78 is 11.2. The van der Waals surface area contributed by atoms with Crippen LogP contribution in [0.1, 0.15) is 46.5 Å². The molecule has 3 atom stereocenters. The smallest absolute Gasteiger partial charge is 0.327 e. The molecule has 2 fully saturated rings. The number of nitrogens with one attached hydrogen (secondary N) is 1. The SMILES string of the molecule is CCNC(C)(CN1CCOC2CCCCC21)C(=O)OCC. The molecule has 122 valence electrons. The molecule has 1 saturated heterocycles. The van der Waals surface area contributed by atoms with Gasteiger partial charge in [-0.1, -0.05) is 19.8 Å². The molecule has 2 aliphatic rings. The third-order valence-electron chi connectivity index (χ3n) is 4.66. The number of hydrogen-bond acceptors (Lipinski definition) is 5. The molecule has 0 amide bonds. The molecule has 5 heteroatoms. The molecule has 2 rings (SSSR count). The lowest BCUT2D eigenvalue weighted by molar-refractivity contribution is -0.154. The zero-order valence-corrected chi connectivity index (χ0v) is 13.7. The van der Waals surface area contributed by atoms with Crippen molar-refractivity contribution in [2.24, 2.45) is 0 Å². The Kier molecular flexibility index (Phi) is 6.02. The van der Waals surface area contributed by atoms with E-state index in [0.717, 1.165) is 26.1 Å². The normalized spacial score (nSPS) is 29.5. The van der Waals surface area contributed by atoms with Gasteiger partial charge in [0.05, 0.1) is 19.3 Å². The highest BCUT2D eigenvalue weighted by molar-refractivity contribution is 5.80. The second-order valence-corrected chi connectivity index (χ2v) is 6.31. The van der Waals surface area contributed by atoms with E-state index in [-0.39, 0.29) is 5.97 Å². The van der Waals surface area contributed by atoms with Gasteiger partial charge in [0, 0.05) is 19.1 Å². The van der Waals surface area contributed by atoms with Crippen molar-refractivity contribution in [2.75, 3.05) is 32.8 Å². The van der Waals surface area contributed by atoms with Crippen LogP contribution in [0.2, 0.25) is 0 Å². The monoisotopic (exact) mass is 298 g/mol. The van der Waals surface area contributed by atoms with Crippen LogP contribution in [0.4, 0.5) is 0 Å². The minimum Gasteiger partial charge on any atom is -0.465 e. The lowest BCUT2D eigenvalue weighted by atomic mass is 9.88. The molecule has 0 bridgehead atoms. The molecule has 0 aromatic carbocycles. The quantitative estimate of drug-likeness (QED) is 0.754. The van der Waals surface area contributed by atoms with Gasteiger partial charge in [-0.3, -0.25) is 9.69 Å². The molecular formula is C16H30N2O3. The van der Waals surface area contributed by atoms with Crippen molar-refractivity contribution in [2.45, 2.75) is 64.1 Å². The number of hydrogen-bond donors (Lipinski definition) is 1. The Bertz CT molecular complexity index is 348. The van der Waals surface area contributed by atoms with Crippen molar-refractivity contribution in [3.05, 3.63) is 0 Å². The first-order chi connectivity index (χ1) is 10.1. The topological polar surface area (TPSA) is 50.8 Å². The molecule has 0 radical (unpaired) electrons. The van der Waals surface area contributed by atoms with Gasteiger partial charge in [0.15, 0.2) is 0 Å². The maximum atomic E-state index is 12.3. The van der Waals surface area contributed by atoms with E-state index in [1.165, 1.54) is 19.3 Å². The summed E-state index contributed by atoms with van der Waals surface area (Å²) in [6.45, 7) is 9.40. The van der Waals surface area contributed by atoms with Crippen LogP contribution in [0.15, 0.2) is 0 Å². The molecule has 0 aromatic heterocycles. The van der Waals surface area contributed by atoms with Crippen molar-refractivity contribution in [3.63, 3.8) is 0 Å². The summed E-state index contributed by atoms with van der Waals surface area (Å²) in [5.41, 5.74) is -0.635. The van der Waals surface area contributed by atoms with Crippen molar-refractivity contribution in [1.82, 2.24) is 10.2 Å².